The highest BCUT2D eigenvalue weighted by molar-refractivity contribution is 7.22. The lowest BCUT2D eigenvalue weighted by molar-refractivity contribution is -0.384. The topological polar surface area (TPSA) is 92.0 Å². The number of likely N-dealkylation sites (N-methyl/N-ethyl adjacent to an activating group) is 1. The summed E-state index contributed by atoms with van der Waals surface area (Å²) in [4.78, 5) is 35.0. The van der Waals surface area contributed by atoms with Crippen molar-refractivity contribution in [3.8, 4) is 0 Å². The third kappa shape index (κ3) is 5.25. The van der Waals surface area contributed by atoms with Crippen LogP contribution in [0.1, 0.15) is 10.4 Å². The summed E-state index contributed by atoms with van der Waals surface area (Å²) in [5.74, 6) is -0.335. The number of rotatable bonds is 7. The van der Waals surface area contributed by atoms with Crippen molar-refractivity contribution in [1.29, 1.82) is 0 Å². The molecule has 11 heteroatoms. The van der Waals surface area contributed by atoms with Gasteiger partial charge in [0.1, 0.15) is 5.69 Å². The minimum Gasteiger partial charge on any atom is -0.378 e. The molecule has 0 atom stereocenters. The van der Waals surface area contributed by atoms with E-state index in [1.165, 1.54) is 17.4 Å². The van der Waals surface area contributed by atoms with Gasteiger partial charge in [-0.2, -0.15) is 0 Å². The highest BCUT2D eigenvalue weighted by Gasteiger charge is 2.27. The van der Waals surface area contributed by atoms with Crippen molar-refractivity contribution >= 4 is 55.6 Å². The third-order valence-electron chi connectivity index (χ3n) is 5.36. The van der Waals surface area contributed by atoms with Crippen molar-refractivity contribution in [2.75, 3.05) is 63.3 Å². The lowest BCUT2D eigenvalue weighted by Gasteiger charge is -2.28. The molecule has 0 unspecified atom stereocenters. The van der Waals surface area contributed by atoms with E-state index in [9.17, 15) is 14.9 Å². The molecule has 0 radical (unpaired) electrons. The zero-order valence-electron chi connectivity index (χ0n) is 18.4. The zero-order valence-corrected chi connectivity index (χ0v) is 19.9. The number of anilines is 2. The Morgan fingerprint density at radius 1 is 1.21 bits per heavy atom. The maximum atomic E-state index is 13.6. The Morgan fingerprint density at radius 3 is 2.67 bits per heavy atom. The average molecular weight is 490 g/mol. The van der Waals surface area contributed by atoms with E-state index < -0.39 is 4.92 Å². The van der Waals surface area contributed by atoms with Gasteiger partial charge in [0.2, 0.25) is 0 Å². The molecule has 2 aromatic carbocycles. The van der Waals surface area contributed by atoms with Crippen molar-refractivity contribution in [2.24, 2.45) is 0 Å². The van der Waals surface area contributed by atoms with Crippen LogP contribution in [0, 0.1) is 10.1 Å². The first-order valence-electron chi connectivity index (χ1n) is 10.5. The van der Waals surface area contributed by atoms with Gasteiger partial charge < -0.3 is 14.5 Å². The van der Waals surface area contributed by atoms with Crippen LogP contribution in [0.5, 0.6) is 0 Å². The monoisotopic (exact) mass is 489 g/mol. The van der Waals surface area contributed by atoms with Crippen LogP contribution in [0.3, 0.4) is 0 Å². The third-order valence-corrected chi connectivity index (χ3v) is 6.63. The van der Waals surface area contributed by atoms with Crippen molar-refractivity contribution in [3.05, 3.63) is 57.1 Å². The number of morpholine rings is 1. The highest BCUT2D eigenvalue weighted by atomic mass is 35.5. The molecule has 0 N–H and O–H groups in total. The summed E-state index contributed by atoms with van der Waals surface area (Å²) < 4.78 is 6.22. The fraction of sp³-hybridized carbons (Fsp3) is 0.364. The number of nitrogens with zero attached hydrogens (tertiary/aromatic N) is 5. The maximum Gasteiger partial charge on any atom is 0.293 e. The molecular formula is C22H24ClN5O4S. The van der Waals surface area contributed by atoms with Crippen LogP contribution < -0.4 is 9.80 Å². The number of amides is 1. The molecule has 0 bridgehead atoms. The van der Waals surface area contributed by atoms with Crippen molar-refractivity contribution < 1.29 is 14.5 Å². The molecule has 174 valence electrons. The smallest absolute Gasteiger partial charge is 0.293 e. The molecule has 2 heterocycles. The number of thiazole rings is 1. The molecule has 4 rings (SSSR count). The van der Waals surface area contributed by atoms with Gasteiger partial charge in [0, 0.05) is 42.8 Å². The fourth-order valence-electron chi connectivity index (χ4n) is 3.62. The summed E-state index contributed by atoms with van der Waals surface area (Å²) >= 11 is 7.48. The predicted octanol–water partition coefficient (Wildman–Crippen LogP) is 3.90. The fourth-order valence-corrected chi connectivity index (χ4v) is 4.88. The van der Waals surface area contributed by atoms with Crippen LogP contribution in [0.25, 0.3) is 10.2 Å². The van der Waals surface area contributed by atoms with Gasteiger partial charge in [-0.1, -0.05) is 22.9 Å². The van der Waals surface area contributed by atoms with Gasteiger partial charge in [-0.15, -0.1) is 0 Å². The number of ether oxygens (including phenoxy) is 1. The quantitative estimate of drug-likeness (QED) is 0.367. The molecule has 9 nitrogen and oxygen atoms in total. The summed E-state index contributed by atoms with van der Waals surface area (Å²) in [6.07, 6.45) is 0. The van der Waals surface area contributed by atoms with Crippen LogP contribution >= 0.6 is 22.9 Å². The molecule has 0 spiro atoms. The Morgan fingerprint density at radius 2 is 1.97 bits per heavy atom. The molecule has 1 fully saturated rings. The van der Waals surface area contributed by atoms with Crippen LogP contribution in [0.2, 0.25) is 5.02 Å². The minimum atomic E-state index is -0.439. The molecule has 0 aliphatic carbocycles. The molecule has 1 amide bonds. The standard InChI is InChI=1S/C22H24ClN5O4S/c1-25(2)7-8-27(22-24-17-5-4-16(23)14-20(17)33-22)21(29)15-3-6-18(19(13-15)28(30)31)26-9-11-32-12-10-26/h3-6,13-14H,7-12H2,1-2H3. The van der Waals surface area contributed by atoms with Gasteiger partial charge in [0.15, 0.2) is 5.13 Å². The van der Waals surface area contributed by atoms with Gasteiger partial charge in [-0.3, -0.25) is 19.8 Å². The summed E-state index contributed by atoms with van der Waals surface area (Å²) in [5, 5.41) is 13.0. The normalized spacial score (nSPS) is 14.1. The van der Waals surface area contributed by atoms with Crippen LogP contribution in [0.4, 0.5) is 16.5 Å². The number of benzene rings is 2. The van der Waals surface area contributed by atoms with E-state index in [-0.39, 0.29) is 17.2 Å². The number of hydrogen-bond acceptors (Lipinski definition) is 8. The second-order valence-corrected chi connectivity index (χ2v) is 9.37. The van der Waals surface area contributed by atoms with Crippen LogP contribution in [0.15, 0.2) is 36.4 Å². The number of halogens is 1. The second-order valence-electron chi connectivity index (χ2n) is 7.93. The Kier molecular flexibility index (Phi) is 7.08. The number of aromatic nitrogens is 1. The first-order chi connectivity index (χ1) is 15.8. The SMILES string of the molecule is CN(C)CCN(C(=O)c1ccc(N2CCOCC2)c([N+](=O)[O-])c1)c1nc2ccc(Cl)cc2s1. The first kappa shape index (κ1) is 23.4. The van der Waals surface area contributed by atoms with Crippen LogP contribution in [-0.2, 0) is 4.74 Å². The van der Waals surface area contributed by atoms with E-state index in [0.717, 1.165) is 10.2 Å². The summed E-state index contributed by atoms with van der Waals surface area (Å²) in [7, 11) is 3.84. The number of carbonyl (C=O) groups excluding carboxylic acids is 1. The number of hydrogen-bond donors (Lipinski definition) is 0. The maximum absolute atomic E-state index is 13.6. The Balaban J connectivity index is 1.70. The van der Waals surface area contributed by atoms with Crippen molar-refractivity contribution in [2.45, 2.75) is 0 Å². The first-order valence-corrected chi connectivity index (χ1v) is 11.7. The van der Waals surface area contributed by atoms with Gasteiger partial charge in [0.25, 0.3) is 11.6 Å². The predicted molar refractivity (Wildman–Crippen MR) is 131 cm³/mol. The number of nitro groups is 1. The summed E-state index contributed by atoms with van der Waals surface area (Å²) in [6, 6.07) is 10.0. The molecule has 1 saturated heterocycles. The molecular weight excluding hydrogens is 466 g/mol. The molecule has 0 saturated carbocycles. The Hall–Kier alpha value is -2.79. The van der Waals surface area contributed by atoms with E-state index in [4.69, 9.17) is 16.3 Å². The molecule has 1 aliphatic heterocycles. The van der Waals surface area contributed by atoms with E-state index in [1.54, 1.807) is 23.1 Å². The van der Waals surface area contributed by atoms with Gasteiger partial charge in [-0.25, -0.2) is 4.98 Å². The van der Waals surface area contributed by atoms with E-state index >= 15 is 0 Å². The van der Waals surface area contributed by atoms with Crippen molar-refractivity contribution in [1.82, 2.24) is 9.88 Å². The zero-order chi connectivity index (χ0) is 23.5. The Bertz CT molecular complexity index is 1180. The summed E-state index contributed by atoms with van der Waals surface area (Å²) in [6.45, 7) is 3.15. The molecule has 3 aromatic rings. The largest absolute Gasteiger partial charge is 0.378 e. The Labute approximate surface area is 200 Å². The minimum absolute atomic E-state index is 0.0913. The summed E-state index contributed by atoms with van der Waals surface area (Å²) in [5.41, 5.74) is 1.39. The van der Waals surface area contributed by atoms with E-state index in [2.05, 4.69) is 4.98 Å². The van der Waals surface area contributed by atoms with Gasteiger partial charge in [0.05, 0.1) is 28.4 Å². The second kappa shape index (κ2) is 10.0. The molecule has 33 heavy (non-hydrogen) atoms. The number of carbonyl (C=O) groups is 1. The lowest BCUT2D eigenvalue weighted by atomic mass is 10.1. The van der Waals surface area contributed by atoms with Crippen molar-refractivity contribution in [3.63, 3.8) is 0 Å². The van der Waals surface area contributed by atoms with Gasteiger partial charge in [-0.05, 0) is 44.4 Å². The van der Waals surface area contributed by atoms with Crippen LogP contribution in [-0.4, -0.2) is 74.2 Å². The van der Waals surface area contributed by atoms with E-state index in [1.807, 2.05) is 36.0 Å². The number of fused-ring (bicyclic) bond motifs is 1. The highest BCUT2D eigenvalue weighted by Crippen LogP contribution is 2.34. The molecule has 1 aromatic heterocycles. The van der Waals surface area contributed by atoms with Gasteiger partial charge >= 0.3 is 0 Å². The number of nitro benzene ring substituents is 1. The van der Waals surface area contributed by atoms with E-state index in [0.29, 0.717) is 55.2 Å². The average Bonchev–Trinajstić information content (AvgIpc) is 3.21. The lowest BCUT2D eigenvalue weighted by Crippen LogP contribution is -2.37. The molecule has 1 aliphatic rings.